The van der Waals surface area contributed by atoms with Crippen molar-refractivity contribution in [3.8, 4) is 0 Å². The molecule has 0 aliphatic rings. The highest BCUT2D eigenvalue weighted by Crippen LogP contribution is 2.07. The fraction of sp³-hybridized carbons (Fsp3) is 0.500. The predicted molar refractivity (Wildman–Crippen MR) is 94.0 cm³/mol. The first-order valence-corrected chi connectivity index (χ1v) is 6.42. The largest absolute Gasteiger partial charge is 0.382 e. The molecule has 0 aliphatic carbocycles. The van der Waals surface area contributed by atoms with Gasteiger partial charge in [-0.3, -0.25) is 4.99 Å². The number of hydrogen-bond acceptors (Lipinski definition) is 3. The summed E-state index contributed by atoms with van der Waals surface area (Å²) in [5.41, 5.74) is 7.95. The number of nitrogens with one attached hydrogen (secondary N) is 1. The predicted octanol–water partition coefficient (Wildman–Crippen LogP) is 2.39. The average Bonchev–Trinajstić information content (AvgIpc) is 2.40. The highest BCUT2D eigenvalue weighted by Gasteiger charge is 1.94. The zero-order valence-corrected chi connectivity index (χ0v) is 14.4. The number of aryl methyl sites for hydroxylation is 1. The van der Waals surface area contributed by atoms with Crippen LogP contribution >= 0.6 is 24.0 Å². The third-order valence-corrected chi connectivity index (χ3v) is 2.48. The lowest BCUT2D eigenvalue weighted by Gasteiger charge is -2.06. The number of methoxy groups -OCH3 is 1. The molecule has 0 aliphatic heterocycles. The second-order valence-electron chi connectivity index (χ2n) is 4.22. The van der Waals surface area contributed by atoms with Gasteiger partial charge in [0.25, 0.3) is 0 Å². The van der Waals surface area contributed by atoms with E-state index in [0.717, 1.165) is 12.1 Å². The summed E-state index contributed by atoms with van der Waals surface area (Å²) in [6.45, 7) is 4.62. The van der Waals surface area contributed by atoms with Gasteiger partial charge in [-0.15, -0.1) is 24.0 Å². The van der Waals surface area contributed by atoms with Crippen LogP contribution < -0.4 is 11.1 Å². The normalized spacial score (nSPS) is 11.0. The Kier molecular flexibility index (Phi) is 11.4. The Morgan fingerprint density at radius 2 is 1.90 bits per heavy atom. The van der Waals surface area contributed by atoms with E-state index in [2.05, 4.69) is 10.3 Å². The van der Waals surface area contributed by atoms with Gasteiger partial charge >= 0.3 is 0 Å². The molecular weight excluding hydrogens is 369 g/mol. The standard InChI is InChI=1S/C14H23N3O2.HI/c1-12-4-6-13(7-5-12)17-14(15)16-8-3-9-19-11-10-18-2;/h4-7H,3,8-11H2,1-2H3,(H3,15,16,17);1H. The molecule has 1 aromatic carbocycles. The smallest absolute Gasteiger partial charge is 0.193 e. The zero-order chi connectivity index (χ0) is 13.9. The van der Waals surface area contributed by atoms with Gasteiger partial charge in [0.1, 0.15) is 0 Å². The average molecular weight is 393 g/mol. The summed E-state index contributed by atoms with van der Waals surface area (Å²) in [6.07, 6.45) is 0.847. The van der Waals surface area contributed by atoms with Crippen molar-refractivity contribution in [3.63, 3.8) is 0 Å². The maximum atomic E-state index is 5.78. The van der Waals surface area contributed by atoms with E-state index in [1.165, 1.54) is 5.56 Å². The second kappa shape index (κ2) is 11.9. The third-order valence-electron chi connectivity index (χ3n) is 2.48. The van der Waals surface area contributed by atoms with Crippen LogP contribution in [0.3, 0.4) is 0 Å². The van der Waals surface area contributed by atoms with E-state index in [4.69, 9.17) is 15.2 Å². The Balaban J connectivity index is 0.00000361. The number of nitrogens with zero attached hydrogens (tertiary/aromatic N) is 1. The molecule has 114 valence electrons. The van der Waals surface area contributed by atoms with Gasteiger partial charge in [-0.2, -0.15) is 0 Å². The molecule has 1 rings (SSSR count). The summed E-state index contributed by atoms with van der Waals surface area (Å²) < 4.78 is 10.2. The summed E-state index contributed by atoms with van der Waals surface area (Å²) in [7, 11) is 1.66. The SMILES string of the molecule is COCCOCCCN=C(N)Nc1ccc(C)cc1.I. The molecule has 5 nitrogen and oxygen atoms in total. The van der Waals surface area contributed by atoms with Crippen molar-refractivity contribution >= 4 is 35.6 Å². The molecule has 0 heterocycles. The minimum absolute atomic E-state index is 0. The maximum absolute atomic E-state index is 5.78. The first-order valence-electron chi connectivity index (χ1n) is 6.42. The van der Waals surface area contributed by atoms with Crippen molar-refractivity contribution in [3.05, 3.63) is 29.8 Å². The van der Waals surface area contributed by atoms with E-state index in [9.17, 15) is 0 Å². The van der Waals surface area contributed by atoms with Crippen LogP contribution in [0.2, 0.25) is 0 Å². The highest BCUT2D eigenvalue weighted by atomic mass is 127. The van der Waals surface area contributed by atoms with Crippen LogP contribution in [0.1, 0.15) is 12.0 Å². The molecule has 0 fully saturated rings. The van der Waals surface area contributed by atoms with Crippen molar-refractivity contribution < 1.29 is 9.47 Å². The zero-order valence-electron chi connectivity index (χ0n) is 12.1. The fourth-order valence-corrected chi connectivity index (χ4v) is 1.43. The number of aliphatic imine (C=N–C) groups is 1. The van der Waals surface area contributed by atoms with Gasteiger partial charge in [0.15, 0.2) is 5.96 Å². The molecule has 0 radical (unpaired) electrons. The van der Waals surface area contributed by atoms with E-state index in [-0.39, 0.29) is 24.0 Å². The van der Waals surface area contributed by atoms with Gasteiger partial charge in [-0.1, -0.05) is 17.7 Å². The first kappa shape index (κ1) is 19.1. The molecule has 3 N–H and O–H groups in total. The first-order chi connectivity index (χ1) is 9.22. The number of nitrogens with two attached hydrogens (primary N) is 1. The van der Waals surface area contributed by atoms with Crippen molar-refractivity contribution in [2.45, 2.75) is 13.3 Å². The van der Waals surface area contributed by atoms with E-state index in [1.807, 2.05) is 31.2 Å². The van der Waals surface area contributed by atoms with Gasteiger partial charge in [0.2, 0.25) is 0 Å². The molecule has 1 aromatic rings. The van der Waals surface area contributed by atoms with Crippen molar-refractivity contribution in [1.82, 2.24) is 0 Å². The Hall–Kier alpha value is -0.860. The third kappa shape index (κ3) is 9.11. The summed E-state index contributed by atoms with van der Waals surface area (Å²) >= 11 is 0. The minimum atomic E-state index is 0. The molecule has 0 unspecified atom stereocenters. The van der Waals surface area contributed by atoms with Gasteiger partial charge < -0.3 is 20.5 Å². The summed E-state index contributed by atoms with van der Waals surface area (Å²) in [4.78, 5) is 4.23. The van der Waals surface area contributed by atoms with Crippen molar-refractivity contribution in [2.24, 2.45) is 10.7 Å². The molecule has 0 saturated heterocycles. The summed E-state index contributed by atoms with van der Waals surface area (Å²) in [5.74, 6) is 0.431. The Bertz CT molecular complexity index is 383. The van der Waals surface area contributed by atoms with Crippen LogP contribution in [0, 0.1) is 6.92 Å². The minimum Gasteiger partial charge on any atom is -0.382 e. The van der Waals surface area contributed by atoms with E-state index >= 15 is 0 Å². The lowest BCUT2D eigenvalue weighted by atomic mass is 10.2. The molecule has 0 amide bonds. The molecule has 0 saturated carbocycles. The number of benzene rings is 1. The Morgan fingerprint density at radius 1 is 1.20 bits per heavy atom. The Labute approximate surface area is 138 Å². The van der Waals surface area contributed by atoms with E-state index in [1.54, 1.807) is 7.11 Å². The molecule has 6 heteroatoms. The highest BCUT2D eigenvalue weighted by molar-refractivity contribution is 14.0. The molecule has 0 bridgehead atoms. The quantitative estimate of drug-likeness (QED) is 0.308. The van der Waals surface area contributed by atoms with E-state index in [0.29, 0.717) is 32.3 Å². The van der Waals surface area contributed by atoms with Crippen LogP contribution in [0.4, 0.5) is 5.69 Å². The number of ether oxygens (including phenoxy) is 2. The molecule has 0 atom stereocenters. The van der Waals surface area contributed by atoms with Crippen molar-refractivity contribution in [1.29, 1.82) is 0 Å². The lowest BCUT2D eigenvalue weighted by Crippen LogP contribution is -2.23. The van der Waals surface area contributed by atoms with Crippen LogP contribution in [0.25, 0.3) is 0 Å². The number of anilines is 1. The maximum Gasteiger partial charge on any atom is 0.193 e. The molecule has 20 heavy (non-hydrogen) atoms. The number of halogens is 1. The van der Waals surface area contributed by atoms with Crippen LogP contribution in [0.5, 0.6) is 0 Å². The molecule has 0 spiro atoms. The van der Waals surface area contributed by atoms with Crippen LogP contribution in [0.15, 0.2) is 29.3 Å². The molecule has 0 aromatic heterocycles. The van der Waals surface area contributed by atoms with Crippen LogP contribution in [-0.2, 0) is 9.47 Å². The van der Waals surface area contributed by atoms with Crippen molar-refractivity contribution in [2.75, 3.05) is 38.8 Å². The van der Waals surface area contributed by atoms with Gasteiger partial charge in [0, 0.05) is 25.9 Å². The summed E-state index contributed by atoms with van der Waals surface area (Å²) in [6, 6.07) is 8.01. The second-order valence-corrected chi connectivity index (χ2v) is 4.22. The van der Waals surface area contributed by atoms with Gasteiger partial charge in [0.05, 0.1) is 13.2 Å². The number of rotatable bonds is 8. The van der Waals surface area contributed by atoms with E-state index < -0.39 is 0 Å². The monoisotopic (exact) mass is 393 g/mol. The van der Waals surface area contributed by atoms with Gasteiger partial charge in [-0.25, -0.2) is 0 Å². The van der Waals surface area contributed by atoms with Crippen LogP contribution in [-0.4, -0.2) is 39.4 Å². The van der Waals surface area contributed by atoms with Gasteiger partial charge in [-0.05, 0) is 25.5 Å². The summed E-state index contributed by atoms with van der Waals surface area (Å²) in [5, 5.41) is 3.05. The number of hydrogen-bond donors (Lipinski definition) is 2. The topological polar surface area (TPSA) is 68.9 Å². The Morgan fingerprint density at radius 3 is 2.55 bits per heavy atom. The fourth-order valence-electron chi connectivity index (χ4n) is 1.43. The lowest BCUT2D eigenvalue weighted by molar-refractivity contribution is 0.0702. The molecular formula is C14H24IN3O2. The number of guanidine groups is 1.